The molecule has 1 aliphatic rings. The summed E-state index contributed by atoms with van der Waals surface area (Å²) in [6.45, 7) is 4.47. The average molecular weight is 271 g/mol. The molecule has 0 heterocycles. The number of amides is 2. The van der Waals surface area contributed by atoms with E-state index in [-0.39, 0.29) is 6.04 Å². The quantitative estimate of drug-likeness (QED) is 0.615. The Morgan fingerprint density at radius 2 is 2.05 bits per heavy atom. The summed E-state index contributed by atoms with van der Waals surface area (Å²) in [5.74, 6) is -0.986. The van der Waals surface area contributed by atoms with Crippen molar-refractivity contribution in [1.82, 2.24) is 15.5 Å². The first-order chi connectivity index (χ1) is 8.95. The fourth-order valence-electron chi connectivity index (χ4n) is 1.98. The van der Waals surface area contributed by atoms with Crippen LogP contribution in [0.4, 0.5) is 4.79 Å². The number of rotatable bonds is 8. The molecule has 2 amide bonds. The Bertz CT molecular complexity index is 318. The van der Waals surface area contributed by atoms with Crippen LogP contribution in [-0.4, -0.2) is 53.7 Å². The highest BCUT2D eigenvalue weighted by Gasteiger charge is 2.29. The first-order valence-electron chi connectivity index (χ1n) is 6.94. The van der Waals surface area contributed by atoms with Gasteiger partial charge in [0.1, 0.15) is 6.04 Å². The van der Waals surface area contributed by atoms with E-state index < -0.39 is 18.0 Å². The molecular weight excluding hydrogens is 246 g/mol. The second kappa shape index (κ2) is 7.33. The number of nitrogens with zero attached hydrogens (tertiary/aromatic N) is 1. The summed E-state index contributed by atoms with van der Waals surface area (Å²) in [7, 11) is 2.05. The Labute approximate surface area is 114 Å². The number of nitrogens with one attached hydrogen (secondary N) is 2. The Balaban J connectivity index is 2.27. The molecule has 0 aromatic rings. The Kier molecular flexibility index (Phi) is 6.08. The van der Waals surface area contributed by atoms with Gasteiger partial charge in [0.2, 0.25) is 0 Å². The third-order valence-electron chi connectivity index (χ3n) is 3.56. The summed E-state index contributed by atoms with van der Waals surface area (Å²) < 4.78 is 0. The molecule has 19 heavy (non-hydrogen) atoms. The van der Waals surface area contributed by atoms with E-state index in [0.717, 1.165) is 6.42 Å². The number of hydrogen-bond donors (Lipinski definition) is 3. The molecule has 0 aliphatic heterocycles. The van der Waals surface area contributed by atoms with Gasteiger partial charge < -0.3 is 15.7 Å². The number of carbonyl (C=O) groups excluding carboxylic acids is 1. The standard InChI is InChI=1S/C13H25N3O3/c1-4-5-11(12(17)18)15-13(19)14-8-9(2)16(3)10-6-7-10/h9-11H,4-8H2,1-3H3,(H,17,18)(H2,14,15,19). The molecule has 6 nitrogen and oxygen atoms in total. The molecule has 1 fully saturated rings. The SMILES string of the molecule is CCCC(NC(=O)NCC(C)N(C)C1CC1)C(=O)O. The molecule has 0 aromatic heterocycles. The van der Waals surface area contributed by atoms with Crippen LogP contribution in [0.3, 0.4) is 0 Å². The Hall–Kier alpha value is -1.30. The number of carbonyl (C=O) groups is 2. The number of urea groups is 1. The van der Waals surface area contributed by atoms with Crippen LogP contribution in [0.25, 0.3) is 0 Å². The van der Waals surface area contributed by atoms with Crippen LogP contribution in [0.15, 0.2) is 0 Å². The predicted octanol–water partition coefficient (Wildman–Crippen LogP) is 1.02. The highest BCUT2D eigenvalue weighted by Crippen LogP contribution is 2.26. The molecule has 0 radical (unpaired) electrons. The lowest BCUT2D eigenvalue weighted by molar-refractivity contribution is -0.139. The third kappa shape index (κ3) is 5.46. The lowest BCUT2D eigenvalue weighted by Crippen LogP contribution is -2.49. The molecule has 1 aliphatic carbocycles. The molecule has 6 heteroatoms. The van der Waals surface area contributed by atoms with Crippen molar-refractivity contribution in [3.05, 3.63) is 0 Å². The van der Waals surface area contributed by atoms with E-state index in [9.17, 15) is 9.59 Å². The maximum absolute atomic E-state index is 11.6. The van der Waals surface area contributed by atoms with E-state index in [0.29, 0.717) is 19.0 Å². The van der Waals surface area contributed by atoms with Crippen molar-refractivity contribution >= 4 is 12.0 Å². The van der Waals surface area contributed by atoms with Gasteiger partial charge in [-0.25, -0.2) is 9.59 Å². The van der Waals surface area contributed by atoms with Crippen molar-refractivity contribution in [3.63, 3.8) is 0 Å². The molecule has 2 atom stereocenters. The van der Waals surface area contributed by atoms with Gasteiger partial charge in [-0.15, -0.1) is 0 Å². The molecule has 0 spiro atoms. The van der Waals surface area contributed by atoms with E-state index in [4.69, 9.17) is 5.11 Å². The number of hydrogen-bond acceptors (Lipinski definition) is 3. The lowest BCUT2D eigenvalue weighted by atomic mass is 10.2. The topological polar surface area (TPSA) is 81.7 Å². The summed E-state index contributed by atoms with van der Waals surface area (Å²) in [6.07, 6.45) is 3.62. The van der Waals surface area contributed by atoms with Crippen molar-refractivity contribution in [3.8, 4) is 0 Å². The number of carboxylic acid groups (broad SMARTS) is 1. The van der Waals surface area contributed by atoms with Crippen LogP contribution >= 0.6 is 0 Å². The fourth-order valence-corrected chi connectivity index (χ4v) is 1.98. The average Bonchev–Trinajstić information content (AvgIpc) is 3.18. The molecule has 0 aromatic carbocycles. The zero-order valence-electron chi connectivity index (χ0n) is 12.0. The smallest absolute Gasteiger partial charge is 0.326 e. The molecule has 3 N–H and O–H groups in total. The zero-order chi connectivity index (χ0) is 14.4. The van der Waals surface area contributed by atoms with Crippen molar-refractivity contribution in [2.75, 3.05) is 13.6 Å². The first-order valence-corrected chi connectivity index (χ1v) is 6.94. The van der Waals surface area contributed by atoms with Crippen LogP contribution in [-0.2, 0) is 4.79 Å². The van der Waals surface area contributed by atoms with Gasteiger partial charge in [-0.05, 0) is 33.2 Å². The zero-order valence-corrected chi connectivity index (χ0v) is 12.0. The second-order valence-electron chi connectivity index (χ2n) is 5.28. The van der Waals surface area contributed by atoms with E-state index in [1.54, 1.807) is 0 Å². The Morgan fingerprint density at radius 1 is 1.42 bits per heavy atom. The van der Waals surface area contributed by atoms with Gasteiger partial charge in [0.05, 0.1) is 0 Å². The van der Waals surface area contributed by atoms with Crippen LogP contribution < -0.4 is 10.6 Å². The minimum absolute atomic E-state index is 0.257. The number of carboxylic acids is 1. The van der Waals surface area contributed by atoms with Gasteiger partial charge in [-0.2, -0.15) is 0 Å². The number of aliphatic carboxylic acids is 1. The van der Waals surface area contributed by atoms with Crippen LogP contribution in [0.5, 0.6) is 0 Å². The normalized spacial score (nSPS) is 17.9. The molecule has 0 bridgehead atoms. The monoisotopic (exact) mass is 271 g/mol. The first kappa shape index (κ1) is 15.8. The summed E-state index contributed by atoms with van der Waals surface area (Å²) >= 11 is 0. The van der Waals surface area contributed by atoms with Crippen molar-refractivity contribution in [1.29, 1.82) is 0 Å². The van der Waals surface area contributed by atoms with Gasteiger partial charge >= 0.3 is 12.0 Å². The maximum atomic E-state index is 11.6. The molecule has 2 unspecified atom stereocenters. The molecule has 1 saturated carbocycles. The maximum Gasteiger partial charge on any atom is 0.326 e. The minimum atomic E-state index is -0.986. The second-order valence-corrected chi connectivity index (χ2v) is 5.28. The Morgan fingerprint density at radius 3 is 2.53 bits per heavy atom. The van der Waals surface area contributed by atoms with Crippen molar-refractivity contribution in [2.24, 2.45) is 0 Å². The largest absolute Gasteiger partial charge is 0.480 e. The minimum Gasteiger partial charge on any atom is -0.480 e. The van der Waals surface area contributed by atoms with Gasteiger partial charge in [-0.1, -0.05) is 13.3 Å². The van der Waals surface area contributed by atoms with E-state index >= 15 is 0 Å². The van der Waals surface area contributed by atoms with Gasteiger partial charge in [0.25, 0.3) is 0 Å². The van der Waals surface area contributed by atoms with Gasteiger partial charge in [-0.3, -0.25) is 4.90 Å². The van der Waals surface area contributed by atoms with E-state index in [1.165, 1.54) is 12.8 Å². The lowest BCUT2D eigenvalue weighted by Gasteiger charge is -2.25. The summed E-state index contributed by atoms with van der Waals surface area (Å²) in [5.41, 5.74) is 0. The number of likely N-dealkylation sites (N-methyl/N-ethyl adjacent to an activating group) is 1. The van der Waals surface area contributed by atoms with Crippen LogP contribution in [0.2, 0.25) is 0 Å². The summed E-state index contributed by atoms with van der Waals surface area (Å²) in [5, 5.41) is 14.2. The van der Waals surface area contributed by atoms with Crippen LogP contribution in [0, 0.1) is 0 Å². The highest BCUT2D eigenvalue weighted by atomic mass is 16.4. The van der Waals surface area contributed by atoms with E-state index in [1.807, 2.05) is 6.92 Å². The van der Waals surface area contributed by atoms with E-state index in [2.05, 4.69) is 29.5 Å². The molecule has 1 rings (SSSR count). The summed E-state index contributed by atoms with van der Waals surface area (Å²) in [6, 6.07) is -0.308. The molecular formula is C13H25N3O3. The highest BCUT2D eigenvalue weighted by molar-refractivity contribution is 5.82. The van der Waals surface area contributed by atoms with Crippen molar-refractivity contribution < 1.29 is 14.7 Å². The fraction of sp³-hybridized carbons (Fsp3) is 0.846. The van der Waals surface area contributed by atoms with Gasteiger partial charge in [0, 0.05) is 18.6 Å². The van der Waals surface area contributed by atoms with Crippen LogP contribution in [0.1, 0.15) is 39.5 Å². The molecule has 0 saturated heterocycles. The molecule has 110 valence electrons. The van der Waals surface area contributed by atoms with Crippen molar-refractivity contribution in [2.45, 2.75) is 57.7 Å². The summed E-state index contributed by atoms with van der Waals surface area (Å²) in [4.78, 5) is 24.8. The van der Waals surface area contributed by atoms with Gasteiger partial charge in [0.15, 0.2) is 0 Å². The third-order valence-corrected chi connectivity index (χ3v) is 3.56. The predicted molar refractivity (Wildman–Crippen MR) is 73.1 cm³/mol.